The minimum absolute atomic E-state index is 0.547. The molecule has 0 fully saturated rings. The van der Waals surface area contributed by atoms with Crippen molar-refractivity contribution >= 4 is 45.0 Å². The maximum absolute atomic E-state index is 6.49. The second-order valence-electron chi connectivity index (χ2n) is 4.85. The Morgan fingerprint density at radius 2 is 1.76 bits per heavy atom. The Labute approximate surface area is 131 Å². The van der Waals surface area contributed by atoms with Crippen LogP contribution in [0.4, 0.5) is 0 Å². The largest absolute Gasteiger partial charge is 0.335 e. The number of fused-ring (bicyclic) bond motifs is 2. The van der Waals surface area contributed by atoms with E-state index < -0.39 is 0 Å². The van der Waals surface area contributed by atoms with E-state index in [1.54, 1.807) is 0 Å². The van der Waals surface area contributed by atoms with Gasteiger partial charge < -0.3 is 4.98 Å². The van der Waals surface area contributed by atoms with E-state index in [-0.39, 0.29) is 0 Å². The van der Waals surface area contributed by atoms with Crippen molar-refractivity contribution in [2.45, 2.75) is 0 Å². The molecule has 0 spiro atoms. The Bertz CT molecular complexity index is 973. The van der Waals surface area contributed by atoms with Crippen molar-refractivity contribution < 1.29 is 0 Å². The molecule has 0 aliphatic rings. The first-order valence-electron chi connectivity index (χ1n) is 6.47. The van der Waals surface area contributed by atoms with Gasteiger partial charge in [-0.2, -0.15) is 0 Å². The average molecular weight is 312 g/mol. The molecule has 0 saturated heterocycles. The summed E-state index contributed by atoms with van der Waals surface area (Å²) in [6.07, 6.45) is 2.70. The summed E-state index contributed by atoms with van der Waals surface area (Å²) in [5.41, 5.74) is 3.25. The molecule has 0 unspecified atom stereocenters. The number of hydrogen-bond acceptors (Lipinski definition) is 1. The lowest BCUT2D eigenvalue weighted by Crippen LogP contribution is -1.85. The number of nitrogens with one attached hydrogen (secondary N) is 1. The predicted molar refractivity (Wildman–Crippen MR) is 87.9 cm³/mol. The highest BCUT2D eigenvalue weighted by atomic mass is 35.5. The normalized spacial score (nSPS) is 11.3. The quantitative estimate of drug-likeness (QED) is 0.494. The van der Waals surface area contributed by atoms with Crippen LogP contribution >= 0.6 is 23.2 Å². The van der Waals surface area contributed by atoms with Crippen molar-refractivity contribution in [3.05, 3.63) is 64.9 Å². The number of nitrogens with zero attached hydrogens (tertiary/aromatic N) is 1. The first-order valence-corrected chi connectivity index (χ1v) is 7.22. The third-order valence-electron chi connectivity index (χ3n) is 3.59. The molecule has 1 N–H and O–H groups in total. The van der Waals surface area contributed by atoms with Gasteiger partial charge in [0, 0.05) is 5.56 Å². The Hall–Kier alpha value is -2.03. The molecule has 4 aromatic rings. The topological polar surface area (TPSA) is 28.7 Å². The summed E-state index contributed by atoms with van der Waals surface area (Å²) in [5.74, 6) is 0. The van der Waals surface area contributed by atoms with Crippen LogP contribution in [0.3, 0.4) is 0 Å². The first-order chi connectivity index (χ1) is 10.2. The Balaban J connectivity index is 2.03. The van der Waals surface area contributed by atoms with Crippen molar-refractivity contribution in [3.8, 4) is 11.1 Å². The fourth-order valence-corrected chi connectivity index (χ4v) is 3.28. The van der Waals surface area contributed by atoms with Crippen molar-refractivity contribution in [2.75, 3.05) is 0 Å². The van der Waals surface area contributed by atoms with Gasteiger partial charge in [0.25, 0.3) is 0 Å². The molecule has 1 radical (unpaired) electrons. The maximum atomic E-state index is 6.49. The molecular formula is C17H9Cl2N2. The number of benzene rings is 3. The van der Waals surface area contributed by atoms with Crippen molar-refractivity contribution in [1.29, 1.82) is 0 Å². The van der Waals surface area contributed by atoms with Gasteiger partial charge in [-0.25, -0.2) is 4.98 Å². The van der Waals surface area contributed by atoms with Crippen molar-refractivity contribution in [2.24, 2.45) is 0 Å². The lowest BCUT2D eigenvalue weighted by Gasteiger charge is -2.09. The van der Waals surface area contributed by atoms with Crippen LogP contribution in [-0.4, -0.2) is 9.97 Å². The van der Waals surface area contributed by atoms with E-state index in [0.717, 1.165) is 22.0 Å². The van der Waals surface area contributed by atoms with E-state index in [2.05, 4.69) is 40.6 Å². The highest BCUT2D eigenvalue weighted by Crippen LogP contribution is 2.39. The second-order valence-corrected chi connectivity index (χ2v) is 5.64. The Morgan fingerprint density at radius 3 is 2.62 bits per heavy atom. The zero-order valence-corrected chi connectivity index (χ0v) is 12.3. The standard InChI is InChI=1S/C17H9Cl2N2/c18-13-8-14-17(21-9-20-14)16(19)15(13)12-6-5-10-3-1-2-4-11(10)7-12/h1-8H,(H,20,21). The fourth-order valence-electron chi connectivity index (χ4n) is 2.57. The van der Waals surface area contributed by atoms with Crippen LogP contribution in [0.1, 0.15) is 0 Å². The fraction of sp³-hybridized carbons (Fsp3) is 0. The Morgan fingerprint density at radius 1 is 0.952 bits per heavy atom. The van der Waals surface area contributed by atoms with Crippen LogP contribution in [0.15, 0.2) is 48.5 Å². The van der Waals surface area contributed by atoms with Crippen LogP contribution in [0, 0.1) is 6.33 Å². The maximum Gasteiger partial charge on any atom is 0.174 e. The van der Waals surface area contributed by atoms with Gasteiger partial charge >= 0.3 is 0 Å². The number of aromatic amines is 1. The average Bonchev–Trinajstić information content (AvgIpc) is 2.95. The third-order valence-corrected chi connectivity index (χ3v) is 4.25. The predicted octanol–water partition coefficient (Wildman–Crippen LogP) is 5.49. The number of rotatable bonds is 1. The van der Waals surface area contributed by atoms with Crippen LogP contribution in [0.25, 0.3) is 32.9 Å². The zero-order valence-electron chi connectivity index (χ0n) is 10.8. The summed E-state index contributed by atoms with van der Waals surface area (Å²) < 4.78 is 0. The molecule has 1 heterocycles. The van der Waals surface area contributed by atoms with Gasteiger partial charge in [0.2, 0.25) is 0 Å². The summed E-state index contributed by atoms with van der Waals surface area (Å²) in [5, 5.41) is 3.48. The summed E-state index contributed by atoms with van der Waals surface area (Å²) in [6, 6.07) is 16.2. The molecule has 1 aromatic heterocycles. The van der Waals surface area contributed by atoms with Crippen LogP contribution < -0.4 is 0 Å². The molecule has 4 heteroatoms. The van der Waals surface area contributed by atoms with Crippen LogP contribution in [0.2, 0.25) is 10.0 Å². The van der Waals surface area contributed by atoms with Gasteiger partial charge in [-0.3, -0.25) is 0 Å². The van der Waals surface area contributed by atoms with E-state index in [1.165, 1.54) is 5.39 Å². The summed E-state index contributed by atoms with van der Waals surface area (Å²) in [6.45, 7) is 0. The molecule has 4 rings (SSSR count). The van der Waals surface area contributed by atoms with Crippen molar-refractivity contribution in [1.82, 2.24) is 9.97 Å². The second kappa shape index (κ2) is 4.76. The van der Waals surface area contributed by atoms with Crippen LogP contribution in [0.5, 0.6) is 0 Å². The van der Waals surface area contributed by atoms with Crippen molar-refractivity contribution in [3.63, 3.8) is 0 Å². The number of H-pyrrole nitrogens is 1. The summed E-state index contributed by atoms with van der Waals surface area (Å²) >= 11 is 12.9. The lowest BCUT2D eigenvalue weighted by atomic mass is 10.0. The Kier molecular flexibility index (Phi) is 2.88. The SMILES string of the molecule is Clc1cc2[nH][c]nc2c(Cl)c1-c1ccc2ccccc2c1. The zero-order chi connectivity index (χ0) is 14.4. The van der Waals surface area contributed by atoms with E-state index in [4.69, 9.17) is 23.2 Å². The van der Waals surface area contributed by atoms with E-state index >= 15 is 0 Å². The van der Waals surface area contributed by atoms with Gasteiger partial charge in [0.1, 0.15) is 5.52 Å². The molecule has 0 amide bonds. The minimum atomic E-state index is 0.547. The van der Waals surface area contributed by atoms with Gasteiger partial charge in [-0.05, 0) is 28.5 Å². The van der Waals surface area contributed by atoms with Gasteiger partial charge in [-0.15, -0.1) is 0 Å². The number of imidazole rings is 1. The molecule has 0 aliphatic heterocycles. The van der Waals surface area contributed by atoms with Gasteiger partial charge in [0.05, 0.1) is 15.6 Å². The molecule has 101 valence electrons. The van der Waals surface area contributed by atoms with Crippen LogP contribution in [-0.2, 0) is 0 Å². The molecule has 0 saturated carbocycles. The monoisotopic (exact) mass is 311 g/mol. The number of halogens is 2. The minimum Gasteiger partial charge on any atom is -0.335 e. The highest BCUT2D eigenvalue weighted by Gasteiger charge is 2.14. The van der Waals surface area contributed by atoms with E-state index in [9.17, 15) is 0 Å². The molecule has 3 aromatic carbocycles. The van der Waals surface area contributed by atoms with Gasteiger partial charge in [-0.1, -0.05) is 59.6 Å². The molecular weight excluding hydrogens is 303 g/mol. The first kappa shape index (κ1) is 12.7. The number of hydrogen-bond donors (Lipinski definition) is 1. The summed E-state index contributed by atoms with van der Waals surface area (Å²) in [4.78, 5) is 7.04. The smallest absolute Gasteiger partial charge is 0.174 e. The molecule has 0 bridgehead atoms. The van der Waals surface area contributed by atoms with E-state index in [1.807, 2.05) is 24.3 Å². The molecule has 21 heavy (non-hydrogen) atoms. The molecule has 2 nitrogen and oxygen atoms in total. The third kappa shape index (κ3) is 1.99. The van der Waals surface area contributed by atoms with E-state index in [0.29, 0.717) is 15.6 Å². The molecule has 0 atom stereocenters. The van der Waals surface area contributed by atoms with Gasteiger partial charge in [0.15, 0.2) is 6.33 Å². The number of aromatic nitrogens is 2. The summed E-state index contributed by atoms with van der Waals surface area (Å²) in [7, 11) is 0. The molecule has 0 aliphatic carbocycles. The highest BCUT2D eigenvalue weighted by molar-refractivity contribution is 6.42. The lowest BCUT2D eigenvalue weighted by molar-refractivity contribution is 1.32.